The van der Waals surface area contributed by atoms with Gasteiger partial charge in [-0.15, -0.1) is 23.2 Å². The number of fused-ring (bicyclic) bond motifs is 4. The normalized spacial score (nSPS) is 33.6. The molecule has 1 saturated carbocycles. The first-order chi connectivity index (χ1) is 18.5. The van der Waals surface area contributed by atoms with Crippen LogP contribution in [0.1, 0.15) is 37.2 Å². The number of para-hydroxylation sites is 1. The van der Waals surface area contributed by atoms with Gasteiger partial charge >= 0.3 is 5.97 Å². The predicted octanol–water partition coefficient (Wildman–Crippen LogP) is 1.91. The molecule has 4 aliphatic rings. The molecule has 2 aliphatic carbocycles. The van der Waals surface area contributed by atoms with Crippen LogP contribution in [0.15, 0.2) is 35.9 Å². The first-order valence-corrected chi connectivity index (χ1v) is 13.5. The fourth-order valence-corrected chi connectivity index (χ4v) is 7.78. The monoisotopic (exact) mass is 578 g/mol. The van der Waals surface area contributed by atoms with Crippen molar-refractivity contribution in [1.82, 2.24) is 9.80 Å². The molecular formula is C27H28Cl2N2O8. The lowest BCUT2D eigenvalue weighted by atomic mass is 9.56. The topological polar surface area (TPSA) is 142 Å². The number of nitrogens with zero attached hydrogens (tertiary/aromatic N) is 2. The molecule has 5 rings (SSSR count). The predicted molar refractivity (Wildman–Crippen MR) is 138 cm³/mol. The molecule has 208 valence electrons. The van der Waals surface area contributed by atoms with Crippen molar-refractivity contribution in [3.8, 4) is 5.75 Å². The molecule has 12 heteroatoms. The number of hydrogen-bond acceptors (Lipinski definition) is 7. The number of carboxylic acid groups (broad SMARTS) is 1. The van der Waals surface area contributed by atoms with Crippen molar-refractivity contribution in [3.05, 3.63) is 41.5 Å². The summed E-state index contributed by atoms with van der Waals surface area (Å²) >= 11 is 14.3. The van der Waals surface area contributed by atoms with Crippen molar-refractivity contribution in [2.24, 2.45) is 17.8 Å². The van der Waals surface area contributed by atoms with E-state index in [1.54, 1.807) is 24.3 Å². The van der Waals surface area contributed by atoms with E-state index in [9.17, 15) is 29.1 Å². The molecule has 6 unspecified atom stereocenters. The third kappa shape index (κ3) is 3.90. The summed E-state index contributed by atoms with van der Waals surface area (Å²) in [5.41, 5.74) is 1.11. The van der Waals surface area contributed by atoms with Gasteiger partial charge in [0.15, 0.2) is 9.75 Å². The van der Waals surface area contributed by atoms with Gasteiger partial charge in [-0.3, -0.25) is 33.8 Å². The van der Waals surface area contributed by atoms with E-state index in [-0.39, 0.29) is 51.3 Å². The zero-order valence-corrected chi connectivity index (χ0v) is 22.7. The minimum absolute atomic E-state index is 0.0219. The number of aliphatic hydroxyl groups excluding tert-OH is 1. The Balaban J connectivity index is 1.62. The number of carboxylic acids is 1. The molecule has 3 fully saturated rings. The SMILES string of the molecule is CN1C(=O)C2(Cl)CC3C(=CCC4C(=O)N(CCCC(=O)O)C(=O)C43)C(c3ccccc3OCCO)C2(Cl)C1=O. The summed E-state index contributed by atoms with van der Waals surface area (Å²) in [4.78, 5) is 63.2. The lowest BCUT2D eigenvalue weighted by molar-refractivity contribution is -0.142. The van der Waals surface area contributed by atoms with Gasteiger partial charge in [0, 0.05) is 31.5 Å². The number of likely N-dealkylation sites (tertiary alicyclic amines) is 2. The average Bonchev–Trinajstić information content (AvgIpc) is 3.22. The van der Waals surface area contributed by atoms with Crippen LogP contribution in [-0.2, 0) is 24.0 Å². The van der Waals surface area contributed by atoms with Gasteiger partial charge in [-0.25, -0.2) is 0 Å². The minimum Gasteiger partial charge on any atom is -0.491 e. The Morgan fingerprint density at radius 1 is 1.10 bits per heavy atom. The van der Waals surface area contributed by atoms with Crippen LogP contribution in [0.4, 0.5) is 0 Å². The van der Waals surface area contributed by atoms with Gasteiger partial charge in [-0.1, -0.05) is 29.8 Å². The molecule has 2 heterocycles. The third-order valence-electron chi connectivity index (χ3n) is 8.46. The molecular weight excluding hydrogens is 551 g/mol. The smallest absolute Gasteiger partial charge is 0.303 e. The summed E-state index contributed by atoms with van der Waals surface area (Å²) in [6.45, 7) is -0.302. The van der Waals surface area contributed by atoms with E-state index in [1.807, 2.05) is 6.08 Å². The van der Waals surface area contributed by atoms with Gasteiger partial charge in [0.25, 0.3) is 11.8 Å². The van der Waals surface area contributed by atoms with Gasteiger partial charge in [0.05, 0.1) is 18.4 Å². The number of carbonyl (C=O) groups is 5. The van der Waals surface area contributed by atoms with Gasteiger partial charge in [-0.2, -0.15) is 0 Å². The van der Waals surface area contributed by atoms with Crippen LogP contribution in [0.2, 0.25) is 0 Å². The van der Waals surface area contributed by atoms with Crippen molar-refractivity contribution in [1.29, 1.82) is 0 Å². The van der Waals surface area contributed by atoms with E-state index in [0.29, 0.717) is 16.9 Å². The molecule has 0 radical (unpaired) electrons. The van der Waals surface area contributed by atoms with Crippen molar-refractivity contribution < 1.29 is 38.9 Å². The highest BCUT2D eigenvalue weighted by molar-refractivity contribution is 6.53. The summed E-state index contributed by atoms with van der Waals surface area (Å²) in [6, 6.07) is 6.82. The number of halogens is 2. The number of aliphatic carboxylic acids is 1. The highest BCUT2D eigenvalue weighted by Gasteiger charge is 2.76. The number of aliphatic hydroxyl groups is 1. The standard InChI is InChI=1S/C27H28Cl2N2O8/c1-30-24(37)26(28)13-17-14(8-9-16-20(17)23(36)31(22(16)35)10-4-7-19(33)34)21(27(26,29)25(30)38)15-5-2-3-6-18(15)39-12-11-32/h2-3,5-6,8,16-17,20-21,32H,4,7,9-13H2,1H3,(H,33,34). The number of rotatable bonds is 8. The number of benzene rings is 1. The molecule has 0 aromatic heterocycles. The molecule has 6 atom stereocenters. The number of allylic oxidation sites excluding steroid dienone is 2. The molecule has 10 nitrogen and oxygen atoms in total. The van der Waals surface area contributed by atoms with E-state index >= 15 is 0 Å². The maximum atomic E-state index is 13.7. The summed E-state index contributed by atoms with van der Waals surface area (Å²) < 4.78 is 5.77. The van der Waals surface area contributed by atoms with Crippen LogP contribution >= 0.6 is 23.2 Å². The summed E-state index contributed by atoms with van der Waals surface area (Å²) in [5.74, 6) is -6.01. The Hall–Kier alpha value is -2.95. The molecule has 4 amide bonds. The Morgan fingerprint density at radius 2 is 1.82 bits per heavy atom. The van der Waals surface area contributed by atoms with Gasteiger partial charge in [0.1, 0.15) is 12.4 Å². The maximum Gasteiger partial charge on any atom is 0.303 e. The average molecular weight is 579 g/mol. The van der Waals surface area contributed by atoms with Gasteiger partial charge < -0.3 is 14.9 Å². The van der Waals surface area contributed by atoms with Gasteiger partial charge in [-0.05, 0) is 31.2 Å². The second kappa shape index (κ2) is 9.91. The van der Waals surface area contributed by atoms with Crippen molar-refractivity contribution in [2.45, 2.75) is 41.3 Å². The van der Waals surface area contributed by atoms with E-state index in [0.717, 1.165) is 9.80 Å². The quantitative estimate of drug-likeness (QED) is 0.270. The third-order valence-corrected chi connectivity index (χ3v) is 9.87. The van der Waals surface area contributed by atoms with Crippen molar-refractivity contribution in [2.75, 3.05) is 26.8 Å². The summed E-state index contributed by atoms with van der Waals surface area (Å²) in [6.07, 6.45) is 1.85. The molecule has 1 aromatic carbocycles. The highest BCUT2D eigenvalue weighted by atomic mass is 35.5. The Kier molecular flexibility index (Phi) is 7.01. The number of imide groups is 2. The van der Waals surface area contributed by atoms with E-state index in [2.05, 4.69) is 0 Å². The van der Waals surface area contributed by atoms with E-state index in [1.165, 1.54) is 7.05 Å². The van der Waals surface area contributed by atoms with Crippen LogP contribution in [0.5, 0.6) is 5.75 Å². The number of alkyl halides is 2. The molecule has 0 spiro atoms. The van der Waals surface area contributed by atoms with Crippen molar-refractivity contribution in [3.63, 3.8) is 0 Å². The van der Waals surface area contributed by atoms with Gasteiger partial charge in [0.2, 0.25) is 11.8 Å². The lowest BCUT2D eigenvalue weighted by Gasteiger charge is -2.51. The zero-order valence-electron chi connectivity index (χ0n) is 21.1. The number of hydrogen-bond donors (Lipinski definition) is 2. The van der Waals surface area contributed by atoms with Crippen LogP contribution in [0.3, 0.4) is 0 Å². The van der Waals surface area contributed by atoms with Crippen LogP contribution < -0.4 is 4.74 Å². The fourth-order valence-electron chi connectivity index (χ4n) is 6.77. The second-order valence-corrected chi connectivity index (χ2v) is 11.7. The van der Waals surface area contributed by atoms with E-state index in [4.69, 9.17) is 33.0 Å². The molecule has 1 aromatic rings. The summed E-state index contributed by atoms with van der Waals surface area (Å²) in [5, 5.41) is 18.3. The van der Waals surface area contributed by atoms with Crippen LogP contribution in [-0.4, -0.2) is 86.2 Å². The number of carbonyl (C=O) groups excluding carboxylic acids is 4. The number of amides is 4. The Morgan fingerprint density at radius 3 is 2.51 bits per heavy atom. The van der Waals surface area contributed by atoms with Crippen LogP contribution in [0.25, 0.3) is 0 Å². The minimum atomic E-state index is -1.93. The molecule has 0 bridgehead atoms. The maximum absolute atomic E-state index is 13.7. The molecule has 2 aliphatic heterocycles. The zero-order chi connectivity index (χ0) is 28.3. The summed E-state index contributed by atoms with van der Waals surface area (Å²) in [7, 11) is 1.32. The van der Waals surface area contributed by atoms with Crippen molar-refractivity contribution >= 4 is 52.8 Å². The molecule has 2 saturated heterocycles. The van der Waals surface area contributed by atoms with E-state index < -0.39 is 57.1 Å². The second-order valence-electron chi connectivity index (χ2n) is 10.4. The molecule has 39 heavy (non-hydrogen) atoms. The Bertz CT molecular complexity index is 1300. The molecule has 2 N–H and O–H groups in total. The fraction of sp³-hybridized carbons (Fsp3) is 0.519. The van der Waals surface area contributed by atoms with Crippen LogP contribution in [0, 0.1) is 17.8 Å². The largest absolute Gasteiger partial charge is 0.491 e. The highest BCUT2D eigenvalue weighted by Crippen LogP contribution is 2.66. The lowest BCUT2D eigenvalue weighted by Crippen LogP contribution is -2.60. The first kappa shape index (κ1) is 27.6. The first-order valence-electron chi connectivity index (χ1n) is 12.8. The number of ether oxygens (including phenoxy) is 1. The Labute approximate surface area is 234 Å².